The minimum absolute atomic E-state index is 0.0222. The Morgan fingerprint density at radius 1 is 1.08 bits per heavy atom. The van der Waals surface area contributed by atoms with Gasteiger partial charge in [0.1, 0.15) is 15.7 Å². The molecule has 0 spiro atoms. The fraction of sp³-hybridized carbons (Fsp3) is 0.0588. The number of rotatable bonds is 3. The van der Waals surface area contributed by atoms with Gasteiger partial charge in [0, 0.05) is 10.9 Å². The Kier molecular flexibility index (Phi) is 3.66. The van der Waals surface area contributed by atoms with Crippen molar-refractivity contribution in [1.29, 1.82) is 0 Å². The summed E-state index contributed by atoms with van der Waals surface area (Å²) in [4.78, 5) is 16.8. The van der Waals surface area contributed by atoms with Crippen molar-refractivity contribution in [3.63, 3.8) is 0 Å². The molecule has 0 saturated carbocycles. The topological polar surface area (TPSA) is 67.3 Å². The van der Waals surface area contributed by atoms with E-state index in [0.29, 0.717) is 10.7 Å². The van der Waals surface area contributed by atoms with Crippen molar-refractivity contribution < 1.29 is 17.6 Å². The normalized spacial score (nSPS) is 15.4. The van der Waals surface area contributed by atoms with E-state index in [9.17, 15) is 17.6 Å². The van der Waals surface area contributed by atoms with Crippen LogP contribution in [0.5, 0.6) is 0 Å². The number of nitrogens with zero attached hydrogens (tertiary/aromatic N) is 2. The zero-order valence-corrected chi connectivity index (χ0v) is 14.3. The number of hydrogen-bond acceptors (Lipinski definition) is 5. The molecule has 1 aromatic heterocycles. The number of carbonyl (C=O) groups is 1. The van der Waals surface area contributed by atoms with Gasteiger partial charge in [0.15, 0.2) is 0 Å². The van der Waals surface area contributed by atoms with Gasteiger partial charge in [-0.25, -0.2) is 22.1 Å². The fourth-order valence-corrected chi connectivity index (χ4v) is 5.00. The second-order valence-corrected chi connectivity index (χ2v) is 8.15. The van der Waals surface area contributed by atoms with Crippen LogP contribution >= 0.6 is 11.3 Å². The van der Waals surface area contributed by atoms with Gasteiger partial charge in [0.2, 0.25) is 0 Å². The van der Waals surface area contributed by atoms with Crippen LogP contribution in [-0.4, -0.2) is 23.6 Å². The first kappa shape index (κ1) is 15.9. The number of carbonyl (C=O) groups excluding carboxylic acids is 1. The molecule has 1 aliphatic heterocycles. The quantitative estimate of drug-likeness (QED) is 0.706. The molecule has 3 aromatic rings. The highest BCUT2D eigenvalue weighted by molar-refractivity contribution is 7.90. The highest BCUT2D eigenvalue weighted by Gasteiger charge is 2.41. The summed E-state index contributed by atoms with van der Waals surface area (Å²) >= 11 is 1.31. The summed E-state index contributed by atoms with van der Waals surface area (Å²) in [5.41, 5.74) is 1.38. The van der Waals surface area contributed by atoms with E-state index < -0.39 is 15.9 Å². The number of sulfonamides is 1. The molecule has 8 heteroatoms. The number of fused-ring (bicyclic) bond motifs is 1. The van der Waals surface area contributed by atoms with E-state index in [1.165, 1.54) is 35.6 Å². The molecule has 4 rings (SSSR count). The van der Waals surface area contributed by atoms with Gasteiger partial charge in [0.25, 0.3) is 15.9 Å². The minimum atomic E-state index is -3.86. The van der Waals surface area contributed by atoms with Crippen LogP contribution in [0, 0.1) is 5.82 Å². The molecule has 0 radical (unpaired) electrons. The smallest absolute Gasteiger partial charge is 0.268 e. The molecule has 0 fully saturated rings. The zero-order valence-electron chi connectivity index (χ0n) is 12.7. The molecular weight excluding hydrogens is 363 g/mol. The van der Waals surface area contributed by atoms with Crippen LogP contribution in [0.25, 0.3) is 10.6 Å². The summed E-state index contributed by atoms with van der Waals surface area (Å²) in [6, 6.07) is 12.0. The number of hydrogen-bond donors (Lipinski definition) is 0. The zero-order chi connectivity index (χ0) is 17.6. The third kappa shape index (κ3) is 2.63. The van der Waals surface area contributed by atoms with E-state index in [2.05, 4.69) is 4.98 Å². The summed E-state index contributed by atoms with van der Waals surface area (Å²) in [6.45, 7) is -0.131. The molecule has 1 amide bonds. The monoisotopic (exact) mass is 374 g/mol. The van der Waals surface area contributed by atoms with Gasteiger partial charge in [-0.15, -0.1) is 11.3 Å². The molecule has 0 unspecified atom stereocenters. The predicted molar refractivity (Wildman–Crippen MR) is 91.0 cm³/mol. The van der Waals surface area contributed by atoms with Crippen molar-refractivity contribution in [1.82, 2.24) is 9.29 Å². The van der Waals surface area contributed by atoms with Crippen molar-refractivity contribution in [2.75, 3.05) is 0 Å². The second-order valence-electron chi connectivity index (χ2n) is 5.46. The average Bonchev–Trinajstić information content (AvgIpc) is 3.14. The van der Waals surface area contributed by atoms with Crippen molar-refractivity contribution in [3.8, 4) is 10.6 Å². The summed E-state index contributed by atoms with van der Waals surface area (Å²) in [6.07, 6.45) is 0. The van der Waals surface area contributed by atoms with Gasteiger partial charge >= 0.3 is 0 Å². The molecule has 0 bridgehead atoms. The molecule has 0 saturated heterocycles. The van der Waals surface area contributed by atoms with Gasteiger partial charge in [-0.05, 0) is 36.4 Å². The number of thiazole rings is 1. The first-order chi connectivity index (χ1) is 12.0. The number of amides is 1. The summed E-state index contributed by atoms with van der Waals surface area (Å²) in [7, 11) is -3.86. The Balaban J connectivity index is 1.64. The Hall–Kier alpha value is -2.58. The lowest BCUT2D eigenvalue weighted by Crippen LogP contribution is -2.29. The van der Waals surface area contributed by atoms with E-state index >= 15 is 0 Å². The van der Waals surface area contributed by atoms with Crippen LogP contribution in [0.4, 0.5) is 4.39 Å². The van der Waals surface area contributed by atoms with Crippen LogP contribution < -0.4 is 0 Å². The second kappa shape index (κ2) is 5.75. The maximum absolute atomic E-state index is 13.0. The maximum atomic E-state index is 13.0. The molecular formula is C17H11FN2O3S2. The molecule has 126 valence electrons. The molecule has 2 heterocycles. The van der Waals surface area contributed by atoms with Crippen molar-refractivity contribution in [2.45, 2.75) is 11.4 Å². The minimum Gasteiger partial charge on any atom is -0.268 e. The molecule has 0 N–H and O–H groups in total. The van der Waals surface area contributed by atoms with E-state index in [1.807, 2.05) is 0 Å². The molecule has 5 nitrogen and oxygen atoms in total. The maximum Gasteiger partial charge on any atom is 0.269 e. The lowest BCUT2D eigenvalue weighted by Gasteiger charge is -2.13. The van der Waals surface area contributed by atoms with Gasteiger partial charge in [0.05, 0.1) is 17.8 Å². The third-order valence-electron chi connectivity index (χ3n) is 3.86. The molecule has 25 heavy (non-hydrogen) atoms. The largest absolute Gasteiger partial charge is 0.269 e. The predicted octanol–water partition coefficient (Wildman–Crippen LogP) is 3.29. The van der Waals surface area contributed by atoms with E-state index in [-0.39, 0.29) is 22.8 Å². The summed E-state index contributed by atoms with van der Waals surface area (Å²) < 4.78 is 38.9. The summed E-state index contributed by atoms with van der Waals surface area (Å²) in [5, 5.41) is 2.33. The van der Waals surface area contributed by atoms with Gasteiger partial charge in [-0.2, -0.15) is 0 Å². The lowest BCUT2D eigenvalue weighted by atomic mass is 10.2. The van der Waals surface area contributed by atoms with Gasteiger partial charge < -0.3 is 0 Å². The van der Waals surface area contributed by atoms with Crippen LogP contribution in [0.15, 0.2) is 58.8 Å². The standard InChI is InChI=1S/C17H11FN2O3S2/c18-12-7-5-11(6-8-12)16-19-13(10-24-16)9-20-17(21)14-3-1-2-4-15(14)25(20,22)23/h1-8,10H,9H2. The Labute approximate surface area is 147 Å². The number of aromatic nitrogens is 1. The summed E-state index contributed by atoms with van der Waals surface area (Å²) in [5.74, 6) is -0.890. The Morgan fingerprint density at radius 3 is 2.52 bits per heavy atom. The average molecular weight is 374 g/mol. The van der Waals surface area contributed by atoms with E-state index in [0.717, 1.165) is 9.87 Å². The highest BCUT2D eigenvalue weighted by Crippen LogP contribution is 2.32. The van der Waals surface area contributed by atoms with Crippen molar-refractivity contribution >= 4 is 27.3 Å². The van der Waals surface area contributed by atoms with Crippen molar-refractivity contribution in [3.05, 3.63) is 71.0 Å². The highest BCUT2D eigenvalue weighted by atomic mass is 32.2. The Morgan fingerprint density at radius 2 is 1.80 bits per heavy atom. The third-order valence-corrected chi connectivity index (χ3v) is 6.59. The molecule has 1 aliphatic rings. The van der Waals surface area contributed by atoms with Crippen LogP contribution in [0.2, 0.25) is 0 Å². The molecule has 2 aromatic carbocycles. The lowest BCUT2D eigenvalue weighted by molar-refractivity contribution is 0.0864. The SMILES string of the molecule is O=C1c2ccccc2S(=O)(=O)N1Cc1csc(-c2ccc(F)cc2)n1. The van der Waals surface area contributed by atoms with Crippen LogP contribution in [-0.2, 0) is 16.6 Å². The first-order valence-electron chi connectivity index (χ1n) is 7.33. The van der Waals surface area contributed by atoms with Gasteiger partial charge in [-0.1, -0.05) is 12.1 Å². The molecule has 0 aliphatic carbocycles. The number of benzene rings is 2. The fourth-order valence-electron chi connectivity index (χ4n) is 2.64. The van der Waals surface area contributed by atoms with Crippen LogP contribution in [0.1, 0.15) is 16.1 Å². The van der Waals surface area contributed by atoms with E-state index in [4.69, 9.17) is 0 Å². The van der Waals surface area contributed by atoms with Crippen LogP contribution in [0.3, 0.4) is 0 Å². The van der Waals surface area contributed by atoms with Gasteiger partial charge in [-0.3, -0.25) is 4.79 Å². The molecule has 0 atom stereocenters. The number of halogens is 1. The Bertz CT molecular complexity index is 1080. The van der Waals surface area contributed by atoms with Crippen molar-refractivity contribution in [2.24, 2.45) is 0 Å². The first-order valence-corrected chi connectivity index (χ1v) is 9.65. The van der Waals surface area contributed by atoms with E-state index in [1.54, 1.807) is 29.6 Å².